The molecule has 2 heterocycles. The van der Waals surface area contributed by atoms with Gasteiger partial charge in [0.1, 0.15) is 5.75 Å². The summed E-state index contributed by atoms with van der Waals surface area (Å²) in [5, 5.41) is 13.6. The monoisotopic (exact) mass is 459 g/mol. The quantitative estimate of drug-likeness (QED) is 0.409. The SMILES string of the molecule is CN=C(NCC1CCN(C)C1)N1CCN(c2ccccc2O)CC1.I. The molecule has 3 rings (SSSR count). The molecule has 1 atom stereocenters. The molecular formula is C18H30IN5O. The Kier molecular flexibility index (Phi) is 7.61. The molecule has 0 saturated carbocycles. The lowest BCUT2D eigenvalue weighted by atomic mass is 10.1. The molecule has 140 valence electrons. The van der Waals surface area contributed by atoms with Crippen LogP contribution in [0.25, 0.3) is 0 Å². The second-order valence-corrected chi connectivity index (χ2v) is 6.81. The van der Waals surface area contributed by atoms with Gasteiger partial charge in [0.15, 0.2) is 5.96 Å². The van der Waals surface area contributed by atoms with Crippen molar-refractivity contribution in [2.45, 2.75) is 6.42 Å². The van der Waals surface area contributed by atoms with Crippen LogP contribution in [-0.2, 0) is 0 Å². The second-order valence-electron chi connectivity index (χ2n) is 6.81. The first kappa shape index (κ1) is 20.1. The number of phenolic OH excluding ortho intramolecular Hbond substituents is 1. The molecule has 0 radical (unpaired) electrons. The topological polar surface area (TPSA) is 54.3 Å². The third-order valence-corrected chi connectivity index (χ3v) is 5.05. The van der Waals surface area contributed by atoms with Crippen LogP contribution in [-0.4, -0.2) is 80.8 Å². The van der Waals surface area contributed by atoms with Crippen LogP contribution in [0, 0.1) is 5.92 Å². The fourth-order valence-electron chi connectivity index (χ4n) is 3.65. The van der Waals surface area contributed by atoms with Gasteiger partial charge >= 0.3 is 0 Å². The number of piperazine rings is 1. The van der Waals surface area contributed by atoms with E-state index < -0.39 is 0 Å². The molecule has 2 N–H and O–H groups in total. The normalized spacial score (nSPS) is 22.0. The van der Waals surface area contributed by atoms with Crippen molar-refractivity contribution < 1.29 is 5.11 Å². The third-order valence-electron chi connectivity index (χ3n) is 5.05. The van der Waals surface area contributed by atoms with Crippen molar-refractivity contribution >= 4 is 35.6 Å². The second kappa shape index (κ2) is 9.47. The Morgan fingerprint density at radius 1 is 1.20 bits per heavy atom. The average molecular weight is 459 g/mol. The molecule has 0 aliphatic carbocycles. The van der Waals surface area contributed by atoms with Crippen LogP contribution in [0.15, 0.2) is 29.3 Å². The van der Waals surface area contributed by atoms with E-state index in [1.807, 2.05) is 25.2 Å². The number of phenols is 1. The Hall–Kier alpha value is -1.22. The Morgan fingerprint density at radius 3 is 2.52 bits per heavy atom. The standard InChI is InChI=1S/C18H29N5O.HI/c1-19-18(20-13-15-7-8-21(2)14-15)23-11-9-22(10-12-23)16-5-3-4-6-17(16)24;/h3-6,15,24H,7-14H2,1-2H3,(H,19,20);1H. The summed E-state index contributed by atoms with van der Waals surface area (Å²) < 4.78 is 0. The maximum Gasteiger partial charge on any atom is 0.193 e. The van der Waals surface area contributed by atoms with E-state index >= 15 is 0 Å². The zero-order chi connectivity index (χ0) is 16.9. The minimum absolute atomic E-state index is 0. The molecule has 1 aromatic rings. The highest BCUT2D eigenvalue weighted by molar-refractivity contribution is 14.0. The summed E-state index contributed by atoms with van der Waals surface area (Å²) in [5.41, 5.74) is 0.925. The van der Waals surface area contributed by atoms with Gasteiger partial charge in [-0.3, -0.25) is 4.99 Å². The minimum atomic E-state index is 0. The number of hydrogen-bond donors (Lipinski definition) is 2. The predicted octanol–water partition coefficient (Wildman–Crippen LogP) is 1.66. The van der Waals surface area contributed by atoms with Crippen LogP contribution in [0.5, 0.6) is 5.75 Å². The van der Waals surface area contributed by atoms with E-state index in [1.54, 1.807) is 6.07 Å². The highest BCUT2D eigenvalue weighted by atomic mass is 127. The molecule has 1 aromatic carbocycles. The van der Waals surface area contributed by atoms with E-state index in [0.29, 0.717) is 11.7 Å². The zero-order valence-electron chi connectivity index (χ0n) is 15.2. The molecule has 2 aliphatic rings. The predicted molar refractivity (Wildman–Crippen MR) is 114 cm³/mol. The molecule has 0 amide bonds. The summed E-state index contributed by atoms with van der Waals surface area (Å²) in [7, 11) is 4.05. The van der Waals surface area contributed by atoms with Crippen LogP contribution in [0.2, 0.25) is 0 Å². The molecule has 25 heavy (non-hydrogen) atoms. The first-order chi connectivity index (χ1) is 11.7. The molecule has 2 fully saturated rings. The molecule has 7 heteroatoms. The summed E-state index contributed by atoms with van der Waals surface area (Å²) in [6.45, 7) is 6.98. The van der Waals surface area contributed by atoms with Crippen molar-refractivity contribution in [3.8, 4) is 5.75 Å². The first-order valence-corrected chi connectivity index (χ1v) is 8.84. The van der Waals surface area contributed by atoms with Gasteiger partial charge < -0.3 is 25.1 Å². The van der Waals surface area contributed by atoms with E-state index in [1.165, 1.54) is 19.5 Å². The number of hydrogen-bond acceptors (Lipinski definition) is 4. The fourth-order valence-corrected chi connectivity index (χ4v) is 3.65. The number of likely N-dealkylation sites (tertiary alicyclic amines) is 1. The van der Waals surface area contributed by atoms with Gasteiger partial charge in [-0.15, -0.1) is 24.0 Å². The van der Waals surface area contributed by atoms with E-state index in [4.69, 9.17) is 0 Å². The molecule has 0 spiro atoms. The maximum atomic E-state index is 10.0. The van der Waals surface area contributed by atoms with Crippen molar-refractivity contribution in [2.75, 3.05) is 64.8 Å². The number of anilines is 1. The molecule has 0 bridgehead atoms. The van der Waals surface area contributed by atoms with Gasteiger partial charge in [0, 0.05) is 46.3 Å². The summed E-state index contributed by atoms with van der Waals surface area (Å²) in [5.74, 6) is 2.08. The van der Waals surface area contributed by atoms with Gasteiger partial charge in [-0.1, -0.05) is 12.1 Å². The lowest BCUT2D eigenvalue weighted by Gasteiger charge is -2.38. The summed E-state index contributed by atoms with van der Waals surface area (Å²) >= 11 is 0. The Labute approximate surface area is 167 Å². The number of para-hydroxylation sites is 2. The molecule has 1 unspecified atom stereocenters. The zero-order valence-corrected chi connectivity index (χ0v) is 17.5. The van der Waals surface area contributed by atoms with Gasteiger partial charge in [0.25, 0.3) is 0 Å². The number of benzene rings is 1. The van der Waals surface area contributed by atoms with E-state index in [2.05, 4.69) is 32.1 Å². The highest BCUT2D eigenvalue weighted by Gasteiger charge is 2.23. The molecule has 0 aromatic heterocycles. The molecular weight excluding hydrogens is 429 g/mol. The number of aromatic hydroxyl groups is 1. The Bertz CT molecular complexity index is 574. The first-order valence-electron chi connectivity index (χ1n) is 8.84. The fraction of sp³-hybridized carbons (Fsp3) is 0.611. The lowest BCUT2D eigenvalue weighted by molar-refractivity contribution is 0.361. The van der Waals surface area contributed by atoms with Crippen molar-refractivity contribution in [3.05, 3.63) is 24.3 Å². The van der Waals surface area contributed by atoms with Crippen LogP contribution in [0.3, 0.4) is 0 Å². The van der Waals surface area contributed by atoms with Crippen molar-refractivity contribution in [3.63, 3.8) is 0 Å². The lowest BCUT2D eigenvalue weighted by Crippen LogP contribution is -2.53. The van der Waals surface area contributed by atoms with E-state index in [0.717, 1.165) is 44.4 Å². The number of halogens is 1. The summed E-state index contributed by atoms with van der Waals surface area (Å²) in [6.07, 6.45) is 1.27. The van der Waals surface area contributed by atoms with Gasteiger partial charge in [0.05, 0.1) is 5.69 Å². The van der Waals surface area contributed by atoms with Crippen LogP contribution >= 0.6 is 24.0 Å². The van der Waals surface area contributed by atoms with Gasteiger partial charge in [0.2, 0.25) is 0 Å². The van der Waals surface area contributed by atoms with Crippen LogP contribution in [0.1, 0.15) is 6.42 Å². The smallest absolute Gasteiger partial charge is 0.193 e. The third kappa shape index (κ3) is 5.13. The average Bonchev–Trinajstić information content (AvgIpc) is 3.02. The van der Waals surface area contributed by atoms with Crippen LogP contribution < -0.4 is 10.2 Å². The van der Waals surface area contributed by atoms with E-state index in [9.17, 15) is 5.11 Å². The number of rotatable bonds is 3. The number of guanidine groups is 1. The minimum Gasteiger partial charge on any atom is -0.506 e. The molecule has 2 saturated heterocycles. The Balaban J connectivity index is 0.00000225. The van der Waals surface area contributed by atoms with Crippen LogP contribution in [0.4, 0.5) is 5.69 Å². The molecule has 2 aliphatic heterocycles. The van der Waals surface area contributed by atoms with Crippen molar-refractivity contribution in [1.29, 1.82) is 0 Å². The maximum absolute atomic E-state index is 10.0. The van der Waals surface area contributed by atoms with E-state index in [-0.39, 0.29) is 24.0 Å². The number of nitrogens with one attached hydrogen (secondary N) is 1. The number of nitrogens with zero attached hydrogens (tertiary/aromatic N) is 4. The largest absolute Gasteiger partial charge is 0.506 e. The summed E-state index contributed by atoms with van der Waals surface area (Å²) in [6, 6.07) is 7.57. The van der Waals surface area contributed by atoms with Crippen molar-refractivity contribution in [2.24, 2.45) is 10.9 Å². The van der Waals surface area contributed by atoms with Crippen molar-refractivity contribution in [1.82, 2.24) is 15.1 Å². The summed E-state index contributed by atoms with van der Waals surface area (Å²) in [4.78, 5) is 11.4. The highest BCUT2D eigenvalue weighted by Crippen LogP contribution is 2.27. The van der Waals surface area contributed by atoms with Gasteiger partial charge in [-0.25, -0.2) is 0 Å². The number of aliphatic imine (C=N–C) groups is 1. The Morgan fingerprint density at radius 2 is 1.92 bits per heavy atom. The molecule has 6 nitrogen and oxygen atoms in total. The van der Waals surface area contributed by atoms with Gasteiger partial charge in [-0.2, -0.15) is 0 Å². The van der Waals surface area contributed by atoms with Gasteiger partial charge in [-0.05, 0) is 38.1 Å².